The molecule has 6 heteroatoms. The van der Waals surface area contributed by atoms with E-state index >= 15 is 0 Å². The zero-order valence-electron chi connectivity index (χ0n) is 11.4. The van der Waals surface area contributed by atoms with Gasteiger partial charge in [-0.15, -0.1) is 22.7 Å². The highest BCUT2D eigenvalue weighted by Crippen LogP contribution is 2.31. The van der Waals surface area contributed by atoms with Gasteiger partial charge in [-0.2, -0.15) is 0 Å². The average molecular weight is 325 g/mol. The Morgan fingerprint density at radius 1 is 1.05 bits per heavy atom. The maximum atomic E-state index is 12.5. The summed E-state index contributed by atoms with van der Waals surface area (Å²) in [5.74, 6) is 0.424. The first-order chi connectivity index (χ1) is 10.8. The number of carbonyl (C=O) groups is 1. The number of nitrogens with zero attached hydrogens (tertiary/aromatic N) is 2. The van der Waals surface area contributed by atoms with Gasteiger partial charge in [-0.25, -0.2) is 4.98 Å². The van der Waals surface area contributed by atoms with E-state index < -0.39 is 6.04 Å². The maximum Gasteiger partial charge on any atom is 0.255 e. The molecule has 22 heavy (non-hydrogen) atoms. The second-order valence-corrected chi connectivity index (χ2v) is 6.69. The predicted molar refractivity (Wildman–Crippen MR) is 89.9 cm³/mol. The Hall–Kier alpha value is -2.31. The minimum absolute atomic E-state index is 0.144. The van der Waals surface area contributed by atoms with E-state index in [1.54, 1.807) is 17.5 Å². The third-order valence-electron chi connectivity index (χ3n) is 3.38. The van der Waals surface area contributed by atoms with Gasteiger partial charge in [0.1, 0.15) is 5.82 Å². The predicted octanol–water partition coefficient (Wildman–Crippen LogP) is 3.74. The van der Waals surface area contributed by atoms with E-state index in [-0.39, 0.29) is 5.91 Å². The zero-order chi connectivity index (χ0) is 14.9. The molecule has 1 atom stereocenters. The Balaban J connectivity index is 1.92. The molecule has 1 aliphatic heterocycles. The molecular formula is C16H11N3OS2. The Morgan fingerprint density at radius 3 is 2.68 bits per heavy atom. The minimum atomic E-state index is -0.536. The number of hydrogen-bond donors (Lipinski definition) is 1. The molecule has 4 heterocycles. The van der Waals surface area contributed by atoms with Crippen molar-refractivity contribution in [3.8, 4) is 0 Å². The standard InChI is InChI=1S/C16H11N3OS2/c20-16-14(12-6-3-9-22-12)18-13(11-5-2-8-21-11)10-4-1-7-17-15(10)19-16/h1-9,14H,(H,17,19,20). The summed E-state index contributed by atoms with van der Waals surface area (Å²) in [5.41, 5.74) is 1.67. The number of carbonyl (C=O) groups excluding carboxylic acids is 1. The van der Waals surface area contributed by atoms with Crippen molar-refractivity contribution in [2.75, 3.05) is 5.32 Å². The van der Waals surface area contributed by atoms with Crippen LogP contribution in [-0.2, 0) is 4.79 Å². The van der Waals surface area contributed by atoms with E-state index in [1.807, 2.05) is 47.2 Å². The number of pyridine rings is 1. The van der Waals surface area contributed by atoms with E-state index in [9.17, 15) is 4.79 Å². The number of aliphatic imine (C=N–C) groups is 1. The fraction of sp³-hybridized carbons (Fsp3) is 0.0625. The highest BCUT2D eigenvalue weighted by atomic mass is 32.1. The van der Waals surface area contributed by atoms with Gasteiger partial charge in [0.25, 0.3) is 5.91 Å². The fourth-order valence-corrected chi connectivity index (χ4v) is 3.88. The van der Waals surface area contributed by atoms with E-state index in [4.69, 9.17) is 4.99 Å². The summed E-state index contributed by atoms with van der Waals surface area (Å²) in [6, 6.07) is 11.1. The minimum Gasteiger partial charge on any atom is -0.308 e. The van der Waals surface area contributed by atoms with Gasteiger partial charge in [-0.3, -0.25) is 9.79 Å². The quantitative estimate of drug-likeness (QED) is 0.780. The molecule has 0 aliphatic carbocycles. The number of nitrogens with one attached hydrogen (secondary N) is 1. The van der Waals surface area contributed by atoms with Crippen molar-refractivity contribution in [2.24, 2.45) is 4.99 Å². The van der Waals surface area contributed by atoms with Gasteiger partial charge in [0.2, 0.25) is 0 Å². The van der Waals surface area contributed by atoms with Gasteiger partial charge in [0.05, 0.1) is 10.6 Å². The molecule has 0 spiro atoms. The van der Waals surface area contributed by atoms with Gasteiger partial charge in [-0.05, 0) is 35.0 Å². The van der Waals surface area contributed by atoms with Crippen LogP contribution in [0.3, 0.4) is 0 Å². The molecule has 3 aromatic heterocycles. The lowest BCUT2D eigenvalue weighted by molar-refractivity contribution is -0.117. The number of amides is 1. The van der Waals surface area contributed by atoms with Crippen LogP contribution in [0.15, 0.2) is 58.3 Å². The Labute approximate surface area is 135 Å². The lowest BCUT2D eigenvalue weighted by Gasteiger charge is -2.08. The van der Waals surface area contributed by atoms with Crippen LogP contribution in [0.4, 0.5) is 5.82 Å². The average Bonchev–Trinajstić information content (AvgIpc) is 3.20. The summed E-state index contributed by atoms with van der Waals surface area (Å²) in [6.45, 7) is 0. The van der Waals surface area contributed by atoms with Crippen LogP contribution in [-0.4, -0.2) is 16.6 Å². The molecule has 1 aliphatic rings. The molecule has 4 rings (SSSR count). The molecule has 0 fully saturated rings. The van der Waals surface area contributed by atoms with Crippen LogP contribution in [0.5, 0.6) is 0 Å². The second-order valence-electron chi connectivity index (χ2n) is 4.76. The lowest BCUT2D eigenvalue weighted by atomic mass is 10.1. The van der Waals surface area contributed by atoms with Gasteiger partial charge in [0.15, 0.2) is 6.04 Å². The summed E-state index contributed by atoms with van der Waals surface area (Å²) in [5, 5.41) is 6.87. The van der Waals surface area contributed by atoms with Gasteiger partial charge in [0, 0.05) is 16.6 Å². The Kier molecular flexibility index (Phi) is 3.32. The van der Waals surface area contributed by atoms with Crippen molar-refractivity contribution in [3.63, 3.8) is 0 Å². The molecule has 0 saturated carbocycles. The number of hydrogen-bond acceptors (Lipinski definition) is 5. The molecule has 108 valence electrons. The zero-order valence-corrected chi connectivity index (χ0v) is 13.0. The third kappa shape index (κ3) is 2.26. The van der Waals surface area contributed by atoms with E-state index in [1.165, 1.54) is 11.3 Å². The van der Waals surface area contributed by atoms with Crippen molar-refractivity contribution in [1.29, 1.82) is 0 Å². The molecule has 0 saturated heterocycles. The van der Waals surface area contributed by atoms with Crippen molar-refractivity contribution in [1.82, 2.24) is 4.98 Å². The van der Waals surface area contributed by atoms with Crippen molar-refractivity contribution >= 4 is 40.1 Å². The van der Waals surface area contributed by atoms with E-state index in [0.717, 1.165) is 21.0 Å². The van der Waals surface area contributed by atoms with Crippen molar-refractivity contribution < 1.29 is 4.79 Å². The molecule has 0 aromatic carbocycles. The Bertz CT molecular complexity index is 838. The monoisotopic (exact) mass is 325 g/mol. The third-order valence-corrected chi connectivity index (χ3v) is 5.18. The molecule has 1 amide bonds. The summed E-state index contributed by atoms with van der Waals surface area (Å²) in [4.78, 5) is 23.6. The van der Waals surface area contributed by atoms with Gasteiger partial charge in [-0.1, -0.05) is 12.1 Å². The number of anilines is 1. The summed E-state index contributed by atoms with van der Waals surface area (Å²) in [6.07, 6.45) is 1.68. The molecule has 0 radical (unpaired) electrons. The second kappa shape index (κ2) is 5.47. The highest BCUT2D eigenvalue weighted by Gasteiger charge is 2.28. The van der Waals surface area contributed by atoms with Crippen LogP contribution >= 0.6 is 22.7 Å². The molecule has 4 nitrogen and oxygen atoms in total. The van der Waals surface area contributed by atoms with Gasteiger partial charge < -0.3 is 5.32 Å². The first kappa shape index (κ1) is 13.4. The number of fused-ring (bicyclic) bond motifs is 1. The summed E-state index contributed by atoms with van der Waals surface area (Å²) < 4.78 is 0. The first-order valence-electron chi connectivity index (χ1n) is 6.74. The first-order valence-corrected chi connectivity index (χ1v) is 8.50. The van der Waals surface area contributed by atoms with Crippen LogP contribution in [0.25, 0.3) is 0 Å². The van der Waals surface area contributed by atoms with Gasteiger partial charge >= 0.3 is 0 Å². The molecule has 1 N–H and O–H groups in total. The fourth-order valence-electron chi connectivity index (χ4n) is 2.39. The highest BCUT2D eigenvalue weighted by molar-refractivity contribution is 7.12. The van der Waals surface area contributed by atoms with Crippen LogP contribution in [0.1, 0.15) is 21.4 Å². The number of rotatable bonds is 2. The molecule has 3 aromatic rings. The summed E-state index contributed by atoms with van der Waals surface area (Å²) in [7, 11) is 0. The molecule has 1 unspecified atom stereocenters. The van der Waals surface area contributed by atoms with Crippen LogP contribution < -0.4 is 5.32 Å². The van der Waals surface area contributed by atoms with Crippen molar-refractivity contribution in [2.45, 2.75) is 6.04 Å². The number of aromatic nitrogens is 1. The summed E-state index contributed by atoms with van der Waals surface area (Å²) >= 11 is 3.14. The lowest BCUT2D eigenvalue weighted by Crippen LogP contribution is -2.18. The van der Waals surface area contributed by atoms with E-state index in [2.05, 4.69) is 10.3 Å². The largest absolute Gasteiger partial charge is 0.308 e. The van der Waals surface area contributed by atoms with Crippen LogP contribution in [0.2, 0.25) is 0 Å². The molecule has 0 bridgehead atoms. The normalized spacial score (nSPS) is 17.4. The van der Waals surface area contributed by atoms with Crippen molar-refractivity contribution in [3.05, 3.63) is 68.7 Å². The number of thiophene rings is 2. The molecular weight excluding hydrogens is 314 g/mol. The maximum absolute atomic E-state index is 12.5. The Morgan fingerprint density at radius 2 is 1.91 bits per heavy atom. The topological polar surface area (TPSA) is 54.4 Å². The SMILES string of the molecule is O=C1Nc2ncccc2C(c2cccs2)=NC1c1cccs1. The smallest absolute Gasteiger partial charge is 0.255 e. The van der Waals surface area contributed by atoms with E-state index in [0.29, 0.717) is 5.82 Å². The van der Waals surface area contributed by atoms with Crippen LogP contribution in [0, 0.1) is 0 Å².